The second kappa shape index (κ2) is 7.43. The maximum absolute atomic E-state index is 13.6. The summed E-state index contributed by atoms with van der Waals surface area (Å²) in [7, 11) is 1.44. The number of nitrogens with one attached hydrogen (secondary N) is 1. The summed E-state index contributed by atoms with van der Waals surface area (Å²) in [6.07, 6.45) is 0. The van der Waals surface area contributed by atoms with Crippen molar-refractivity contribution in [1.82, 2.24) is 4.90 Å². The van der Waals surface area contributed by atoms with Gasteiger partial charge in [0.1, 0.15) is 23.9 Å². The number of hydrogen-bond acceptors (Lipinski definition) is 5. The van der Waals surface area contributed by atoms with E-state index in [0.717, 1.165) is 18.2 Å². The fraction of sp³-hybridized carbons (Fsp3) is 0.111. The molecule has 1 heterocycles. The molecule has 2 aromatic rings. The number of ether oxygens (including phenoxy) is 1. The van der Waals surface area contributed by atoms with Crippen molar-refractivity contribution in [3.8, 4) is 5.75 Å². The first-order chi connectivity index (χ1) is 13.3. The monoisotopic (exact) mass is 389 g/mol. The van der Waals surface area contributed by atoms with E-state index in [2.05, 4.69) is 5.32 Å². The van der Waals surface area contributed by atoms with Crippen molar-refractivity contribution in [2.45, 2.75) is 0 Å². The predicted octanol–water partition coefficient (Wildman–Crippen LogP) is 1.91. The molecule has 0 saturated carbocycles. The first-order valence-corrected chi connectivity index (χ1v) is 7.90. The van der Waals surface area contributed by atoms with E-state index in [9.17, 15) is 28.0 Å². The Kier molecular flexibility index (Phi) is 5.03. The molecule has 144 valence electrons. The van der Waals surface area contributed by atoms with E-state index in [1.54, 1.807) is 0 Å². The zero-order chi connectivity index (χ0) is 20.4. The standard InChI is InChI=1S/C18H13F2N3O5/c1-28-12-5-3-11(4-6-12)23-17(26)16(25)22(18(23)27)9-15(24)21-14-8-10(19)2-7-13(14)20/h2-8H,9H2,1H3,(H,21,24). The van der Waals surface area contributed by atoms with Crippen molar-refractivity contribution < 1.29 is 32.7 Å². The van der Waals surface area contributed by atoms with Gasteiger partial charge in [0, 0.05) is 6.07 Å². The number of halogens is 2. The Bertz CT molecular complexity index is 978. The van der Waals surface area contributed by atoms with Gasteiger partial charge in [-0.1, -0.05) is 0 Å². The maximum Gasteiger partial charge on any atom is 0.339 e. The van der Waals surface area contributed by atoms with Crippen LogP contribution in [0.3, 0.4) is 0 Å². The van der Waals surface area contributed by atoms with Crippen LogP contribution in [-0.4, -0.2) is 42.3 Å². The Labute approximate surface area is 157 Å². The molecule has 0 spiro atoms. The summed E-state index contributed by atoms with van der Waals surface area (Å²) in [6, 6.07) is 7.16. The molecular formula is C18H13F2N3O5. The van der Waals surface area contributed by atoms with Crippen LogP contribution >= 0.6 is 0 Å². The summed E-state index contributed by atoms with van der Waals surface area (Å²) in [5.74, 6) is -4.54. The van der Waals surface area contributed by atoms with Crippen LogP contribution in [0.1, 0.15) is 0 Å². The summed E-state index contributed by atoms with van der Waals surface area (Å²) in [6.45, 7) is -0.841. The third kappa shape index (κ3) is 3.52. The van der Waals surface area contributed by atoms with Gasteiger partial charge < -0.3 is 10.1 Å². The van der Waals surface area contributed by atoms with Gasteiger partial charge in [0.15, 0.2) is 0 Å². The van der Waals surface area contributed by atoms with Crippen LogP contribution in [0.2, 0.25) is 0 Å². The van der Waals surface area contributed by atoms with Crippen molar-refractivity contribution in [2.24, 2.45) is 0 Å². The van der Waals surface area contributed by atoms with E-state index in [1.165, 1.54) is 31.4 Å². The van der Waals surface area contributed by atoms with Crippen molar-refractivity contribution in [3.63, 3.8) is 0 Å². The first kappa shape index (κ1) is 19.0. The Hall–Kier alpha value is -3.82. The Morgan fingerprint density at radius 2 is 1.71 bits per heavy atom. The molecule has 2 aromatic carbocycles. The maximum atomic E-state index is 13.6. The minimum atomic E-state index is -1.21. The molecule has 0 aromatic heterocycles. The largest absolute Gasteiger partial charge is 0.497 e. The molecule has 0 atom stereocenters. The van der Waals surface area contributed by atoms with E-state index in [1.807, 2.05) is 0 Å². The van der Waals surface area contributed by atoms with Crippen LogP contribution in [0.25, 0.3) is 0 Å². The van der Waals surface area contributed by atoms with Gasteiger partial charge in [-0.15, -0.1) is 0 Å². The number of benzene rings is 2. The number of carbonyl (C=O) groups is 4. The number of carbonyl (C=O) groups excluding carboxylic acids is 4. The van der Waals surface area contributed by atoms with Crippen LogP contribution in [0.4, 0.5) is 25.0 Å². The van der Waals surface area contributed by atoms with E-state index in [4.69, 9.17) is 4.74 Å². The van der Waals surface area contributed by atoms with Crippen molar-refractivity contribution in [2.75, 3.05) is 23.9 Å². The molecule has 1 aliphatic rings. The Morgan fingerprint density at radius 1 is 1.04 bits per heavy atom. The van der Waals surface area contributed by atoms with Crippen LogP contribution in [0.15, 0.2) is 42.5 Å². The number of urea groups is 1. The predicted molar refractivity (Wildman–Crippen MR) is 92.6 cm³/mol. The van der Waals surface area contributed by atoms with Crippen LogP contribution < -0.4 is 15.0 Å². The molecule has 5 amide bonds. The van der Waals surface area contributed by atoms with Gasteiger partial charge in [0.2, 0.25) is 5.91 Å². The van der Waals surface area contributed by atoms with E-state index in [0.29, 0.717) is 15.5 Å². The highest BCUT2D eigenvalue weighted by atomic mass is 19.1. The quantitative estimate of drug-likeness (QED) is 0.623. The second-order valence-electron chi connectivity index (χ2n) is 5.68. The average Bonchev–Trinajstić information content (AvgIpc) is 2.88. The van der Waals surface area contributed by atoms with Crippen molar-refractivity contribution in [3.05, 3.63) is 54.1 Å². The molecule has 1 N–H and O–H groups in total. The number of hydrogen-bond donors (Lipinski definition) is 1. The minimum Gasteiger partial charge on any atom is -0.497 e. The van der Waals surface area contributed by atoms with E-state index < -0.39 is 47.6 Å². The SMILES string of the molecule is COc1ccc(N2C(=O)C(=O)N(CC(=O)Nc3cc(F)ccc3F)C2=O)cc1. The molecule has 28 heavy (non-hydrogen) atoms. The molecule has 3 rings (SSSR count). The van der Waals surface area contributed by atoms with Crippen molar-refractivity contribution >= 4 is 35.1 Å². The third-order valence-corrected chi connectivity index (χ3v) is 3.89. The number of nitrogens with zero attached hydrogens (tertiary/aromatic N) is 2. The topological polar surface area (TPSA) is 96.0 Å². The lowest BCUT2D eigenvalue weighted by atomic mass is 10.3. The third-order valence-electron chi connectivity index (χ3n) is 3.89. The Balaban J connectivity index is 1.76. The number of rotatable bonds is 5. The molecule has 1 aliphatic heterocycles. The van der Waals surface area contributed by atoms with Crippen LogP contribution in [0.5, 0.6) is 5.75 Å². The van der Waals surface area contributed by atoms with Crippen molar-refractivity contribution in [1.29, 1.82) is 0 Å². The second-order valence-corrected chi connectivity index (χ2v) is 5.68. The normalized spacial score (nSPS) is 13.9. The molecule has 0 unspecified atom stereocenters. The molecule has 1 saturated heterocycles. The fourth-order valence-electron chi connectivity index (χ4n) is 2.53. The van der Waals surface area contributed by atoms with Gasteiger partial charge in [-0.2, -0.15) is 0 Å². The summed E-state index contributed by atoms with van der Waals surface area (Å²) in [4.78, 5) is 49.8. The summed E-state index contributed by atoms with van der Waals surface area (Å²) < 4.78 is 31.8. The number of anilines is 2. The fourth-order valence-corrected chi connectivity index (χ4v) is 2.53. The number of amides is 5. The zero-order valence-electron chi connectivity index (χ0n) is 14.4. The Morgan fingerprint density at radius 3 is 2.36 bits per heavy atom. The molecule has 0 aliphatic carbocycles. The van der Waals surface area contributed by atoms with Gasteiger partial charge in [-0.3, -0.25) is 14.4 Å². The highest BCUT2D eigenvalue weighted by Crippen LogP contribution is 2.24. The van der Waals surface area contributed by atoms with Gasteiger partial charge in [-0.05, 0) is 36.4 Å². The van der Waals surface area contributed by atoms with Gasteiger partial charge in [-0.25, -0.2) is 23.4 Å². The summed E-state index contributed by atoms with van der Waals surface area (Å²) >= 11 is 0. The summed E-state index contributed by atoms with van der Waals surface area (Å²) in [5.41, 5.74) is -0.342. The highest BCUT2D eigenvalue weighted by molar-refractivity contribution is 6.53. The van der Waals surface area contributed by atoms with E-state index >= 15 is 0 Å². The molecule has 0 radical (unpaired) electrons. The molecule has 0 bridgehead atoms. The van der Waals surface area contributed by atoms with Gasteiger partial charge in [0.25, 0.3) is 0 Å². The molecule has 8 nitrogen and oxygen atoms in total. The van der Waals surface area contributed by atoms with E-state index in [-0.39, 0.29) is 5.69 Å². The number of methoxy groups -OCH3 is 1. The first-order valence-electron chi connectivity index (χ1n) is 7.90. The lowest BCUT2D eigenvalue weighted by Crippen LogP contribution is -2.39. The van der Waals surface area contributed by atoms with Crippen LogP contribution in [-0.2, 0) is 14.4 Å². The lowest BCUT2D eigenvalue weighted by molar-refractivity contribution is -0.140. The molecule has 1 fully saturated rings. The lowest BCUT2D eigenvalue weighted by Gasteiger charge is -2.15. The smallest absolute Gasteiger partial charge is 0.339 e. The van der Waals surface area contributed by atoms with Gasteiger partial charge >= 0.3 is 17.8 Å². The minimum absolute atomic E-state index is 0.114. The van der Waals surface area contributed by atoms with Gasteiger partial charge in [0.05, 0.1) is 18.5 Å². The summed E-state index contributed by atoms with van der Waals surface area (Å²) in [5, 5.41) is 2.06. The molecule has 10 heteroatoms. The number of imide groups is 2. The molecular weight excluding hydrogens is 376 g/mol. The zero-order valence-corrected chi connectivity index (χ0v) is 14.4. The highest BCUT2D eigenvalue weighted by Gasteiger charge is 2.46. The average molecular weight is 389 g/mol. The van der Waals surface area contributed by atoms with Crippen LogP contribution in [0, 0.1) is 11.6 Å².